The Morgan fingerprint density at radius 3 is 2.63 bits per heavy atom. The number of halogens is 2. The van der Waals surface area contributed by atoms with Gasteiger partial charge in [-0.1, -0.05) is 35.9 Å². The second kappa shape index (κ2) is 10.0. The van der Waals surface area contributed by atoms with E-state index >= 15 is 0 Å². The summed E-state index contributed by atoms with van der Waals surface area (Å²) in [5, 5.41) is 12.2. The molecule has 0 spiro atoms. The van der Waals surface area contributed by atoms with Gasteiger partial charge in [-0.2, -0.15) is 0 Å². The second-order valence-corrected chi connectivity index (χ2v) is 6.57. The van der Waals surface area contributed by atoms with Crippen LogP contribution in [0.4, 0.5) is 10.1 Å². The maximum Gasteiger partial charge on any atom is 0.224 e. The number of carbonyl (C=O) groups excluding carboxylic acids is 2. The Morgan fingerprint density at radius 2 is 1.93 bits per heavy atom. The maximum atomic E-state index is 13.7. The lowest BCUT2D eigenvalue weighted by Gasteiger charge is -2.22. The number of nitrogens with zero attached hydrogens (tertiary/aromatic N) is 1. The Balaban J connectivity index is 1.94. The van der Waals surface area contributed by atoms with E-state index in [-0.39, 0.29) is 44.1 Å². The molecule has 0 atom stereocenters. The number of aliphatic hydroxyl groups is 1. The van der Waals surface area contributed by atoms with Gasteiger partial charge in [0.1, 0.15) is 5.82 Å². The molecule has 2 rings (SSSR count). The van der Waals surface area contributed by atoms with Crippen LogP contribution in [-0.4, -0.2) is 35.0 Å². The molecular weight excluding hydrogens is 371 g/mol. The van der Waals surface area contributed by atoms with Crippen molar-refractivity contribution >= 4 is 29.1 Å². The molecule has 0 saturated carbocycles. The van der Waals surface area contributed by atoms with E-state index in [1.165, 1.54) is 17.0 Å². The van der Waals surface area contributed by atoms with Crippen LogP contribution in [0.5, 0.6) is 0 Å². The van der Waals surface area contributed by atoms with Gasteiger partial charge >= 0.3 is 0 Å². The van der Waals surface area contributed by atoms with Crippen LogP contribution in [0.25, 0.3) is 0 Å². The Hall–Kier alpha value is -2.44. The van der Waals surface area contributed by atoms with Crippen molar-refractivity contribution in [1.82, 2.24) is 4.90 Å². The van der Waals surface area contributed by atoms with Gasteiger partial charge in [-0.05, 0) is 36.2 Å². The number of nitrogens with one attached hydrogen (secondary N) is 1. The van der Waals surface area contributed by atoms with Crippen LogP contribution in [0.1, 0.15) is 24.0 Å². The van der Waals surface area contributed by atoms with Crippen LogP contribution in [0.3, 0.4) is 0 Å². The van der Waals surface area contributed by atoms with Gasteiger partial charge in [-0.3, -0.25) is 9.59 Å². The highest BCUT2D eigenvalue weighted by Crippen LogP contribution is 2.18. The number of anilines is 1. The molecule has 0 bridgehead atoms. The molecule has 144 valence electrons. The quantitative estimate of drug-likeness (QED) is 0.722. The third-order valence-electron chi connectivity index (χ3n) is 4.00. The summed E-state index contributed by atoms with van der Waals surface area (Å²) >= 11 is 6.12. The summed E-state index contributed by atoms with van der Waals surface area (Å²) in [4.78, 5) is 25.9. The molecular formula is C20H22ClFN2O3. The van der Waals surface area contributed by atoms with Crippen molar-refractivity contribution in [3.63, 3.8) is 0 Å². The molecule has 2 amide bonds. The van der Waals surface area contributed by atoms with E-state index in [1.54, 1.807) is 31.2 Å². The number of aliphatic hydroxyl groups excluding tert-OH is 1. The highest BCUT2D eigenvalue weighted by Gasteiger charge is 2.17. The summed E-state index contributed by atoms with van der Waals surface area (Å²) in [5.41, 5.74) is 1.67. The predicted molar refractivity (Wildman–Crippen MR) is 103 cm³/mol. The van der Waals surface area contributed by atoms with E-state index in [2.05, 4.69) is 5.32 Å². The normalized spacial score (nSPS) is 10.5. The van der Waals surface area contributed by atoms with Crippen LogP contribution in [0.2, 0.25) is 5.02 Å². The van der Waals surface area contributed by atoms with Crippen molar-refractivity contribution < 1.29 is 19.1 Å². The zero-order valence-electron chi connectivity index (χ0n) is 15.0. The van der Waals surface area contributed by atoms with Crippen molar-refractivity contribution in [2.45, 2.75) is 26.3 Å². The van der Waals surface area contributed by atoms with E-state index in [0.717, 1.165) is 11.1 Å². The van der Waals surface area contributed by atoms with Gasteiger partial charge in [0.15, 0.2) is 0 Å². The van der Waals surface area contributed by atoms with E-state index in [9.17, 15) is 19.1 Å². The van der Waals surface area contributed by atoms with Crippen LogP contribution in [-0.2, 0) is 16.1 Å². The van der Waals surface area contributed by atoms with Crippen molar-refractivity contribution in [2.24, 2.45) is 0 Å². The largest absolute Gasteiger partial charge is 0.395 e. The number of hydrogen-bond donors (Lipinski definition) is 2. The zero-order chi connectivity index (χ0) is 19.8. The standard InChI is InChI=1S/C20H22ClFN2O3/c1-14-6-7-17(22)18(12-14)23-19(26)8-9-20(27)24(10-11-25)13-15-4-2-3-5-16(15)21/h2-7,12,25H,8-11,13H2,1H3,(H,23,26). The predicted octanol–water partition coefficient (Wildman–Crippen LogP) is 3.53. The molecule has 0 aliphatic carbocycles. The third-order valence-corrected chi connectivity index (χ3v) is 4.37. The molecule has 0 aliphatic heterocycles. The topological polar surface area (TPSA) is 69.6 Å². The van der Waals surface area contributed by atoms with Gasteiger partial charge in [0.25, 0.3) is 0 Å². The first-order valence-electron chi connectivity index (χ1n) is 8.58. The highest BCUT2D eigenvalue weighted by atomic mass is 35.5. The average molecular weight is 393 g/mol. The number of aryl methyl sites for hydroxylation is 1. The van der Waals surface area contributed by atoms with Crippen LogP contribution in [0, 0.1) is 12.7 Å². The lowest BCUT2D eigenvalue weighted by atomic mass is 10.2. The first-order chi connectivity index (χ1) is 12.9. The molecule has 27 heavy (non-hydrogen) atoms. The summed E-state index contributed by atoms with van der Waals surface area (Å²) < 4.78 is 13.7. The Morgan fingerprint density at radius 1 is 1.19 bits per heavy atom. The molecule has 5 nitrogen and oxygen atoms in total. The molecule has 0 saturated heterocycles. The van der Waals surface area contributed by atoms with E-state index < -0.39 is 11.7 Å². The summed E-state index contributed by atoms with van der Waals surface area (Å²) in [6.45, 7) is 1.97. The molecule has 0 aromatic heterocycles. The lowest BCUT2D eigenvalue weighted by molar-refractivity contribution is -0.133. The van der Waals surface area contributed by atoms with E-state index in [1.807, 2.05) is 6.07 Å². The van der Waals surface area contributed by atoms with Crippen molar-refractivity contribution in [2.75, 3.05) is 18.5 Å². The van der Waals surface area contributed by atoms with Crippen LogP contribution >= 0.6 is 11.6 Å². The molecule has 2 aromatic rings. The maximum absolute atomic E-state index is 13.7. The van der Waals surface area contributed by atoms with Crippen molar-refractivity contribution in [3.05, 3.63) is 64.4 Å². The molecule has 7 heteroatoms. The van der Waals surface area contributed by atoms with Crippen molar-refractivity contribution in [3.8, 4) is 0 Å². The second-order valence-electron chi connectivity index (χ2n) is 6.16. The molecule has 2 N–H and O–H groups in total. The summed E-state index contributed by atoms with van der Waals surface area (Å²) in [5.74, 6) is -1.26. The molecule has 0 heterocycles. The Kier molecular flexibility index (Phi) is 7.76. The van der Waals surface area contributed by atoms with Crippen LogP contribution in [0.15, 0.2) is 42.5 Å². The summed E-state index contributed by atoms with van der Waals surface area (Å²) in [6.07, 6.45) is -0.139. The number of benzene rings is 2. The molecule has 2 aromatic carbocycles. The SMILES string of the molecule is Cc1ccc(F)c(NC(=O)CCC(=O)N(CCO)Cc2ccccc2Cl)c1. The fraction of sp³-hybridized carbons (Fsp3) is 0.300. The fourth-order valence-corrected chi connectivity index (χ4v) is 2.77. The molecule has 0 radical (unpaired) electrons. The summed E-state index contributed by atoms with van der Waals surface area (Å²) in [7, 11) is 0. The highest BCUT2D eigenvalue weighted by molar-refractivity contribution is 6.31. The van der Waals surface area contributed by atoms with Gasteiger partial charge in [-0.25, -0.2) is 4.39 Å². The van der Waals surface area contributed by atoms with E-state index in [4.69, 9.17) is 11.6 Å². The van der Waals surface area contributed by atoms with Gasteiger partial charge in [0.05, 0.1) is 12.3 Å². The smallest absolute Gasteiger partial charge is 0.224 e. The van der Waals surface area contributed by atoms with E-state index in [0.29, 0.717) is 5.02 Å². The van der Waals surface area contributed by atoms with Gasteiger partial charge < -0.3 is 15.3 Å². The zero-order valence-corrected chi connectivity index (χ0v) is 15.8. The summed E-state index contributed by atoms with van der Waals surface area (Å²) in [6, 6.07) is 11.5. The van der Waals surface area contributed by atoms with Crippen molar-refractivity contribution in [1.29, 1.82) is 0 Å². The third kappa shape index (κ3) is 6.34. The molecule has 0 fully saturated rings. The van der Waals surface area contributed by atoms with Gasteiger partial charge in [0, 0.05) is 31.0 Å². The van der Waals surface area contributed by atoms with Gasteiger partial charge in [-0.15, -0.1) is 0 Å². The minimum absolute atomic E-state index is 0.0519. The minimum Gasteiger partial charge on any atom is -0.395 e. The monoisotopic (exact) mass is 392 g/mol. The average Bonchev–Trinajstić information content (AvgIpc) is 2.64. The van der Waals surface area contributed by atoms with Gasteiger partial charge in [0.2, 0.25) is 11.8 Å². The first kappa shape index (κ1) is 20.9. The number of rotatable bonds is 8. The Labute approximate surface area is 162 Å². The fourth-order valence-electron chi connectivity index (χ4n) is 2.57. The number of amides is 2. The van der Waals surface area contributed by atoms with Crippen LogP contribution < -0.4 is 5.32 Å². The first-order valence-corrected chi connectivity index (χ1v) is 8.96. The minimum atomic E-state index is -0.527. The Bertz CT molecular complexity index is 814. The molecule has 0 aliphatic rings. The number of carbonyl (C=O) groups is 2. The molecule has 0 unspecified atom stereocenters. The lowest BCUT2D eigenvalue weighted by Crippen LogP contribution is -2.33. The number of hydrogen-bond acceptors (Lipinski definition) is 3.